The van der Waals surface area contributed by atoms with Gasteiger partial charge in [0.2, 0.25) is 11.8 Å². The average molecular weight is 378 g/mol. The molecule has 0 unspecified atom stereocenters. The minimum Gasteiger partial charge on any atom is -0.326 e. The fraction of sp³-hybridized carbons (Fsp3) is 0.238. The fourth-order valence-electron chi connectivity index (χ4n) is 2.92. The van der Waals surface area contributed by atoms with Crippen LogP contribution in [0.5, 0.6) is 0 Å². The molecule has 7 heteroatoms. The maximum Gasteiger partial charge on any atom is 0.275 e. The highest BCUT2D eigenvalue weighted by molar-refractivity contribution is 5.94. The highest BCUT2D eigenvalue weighted by Crippen LogP contribution is 2.20. The highest BCUT2D eigenvalue weighted by Gasteiger charge is 2.12. The smallest absolute Gasteiger partial charge is 0.275 e. The maximum atomic E-state index is 12.6. The quantitative estimate of drug-likeness (QED) is 0.714. The van der Waals surface area contributed by atoms with Gasteiger partial charge in [0, 0.05) is 23.2 Å². The van der Waals surface area contributed by atoms with Crippen LogP contribution < -0.4 is 16.2 Å². The third-order valence-corrected chi connectivity index (χ3v) is 4.46. The second-order valence-electron chi connectivity index (χ2n) is 6.57. The third kappa shape index (κ3) is 4.09. The molecular formula is C21H22N4O3. The van der Waals surface area contributed by atoms with Crippen LogP contribution in [0.3, 0.4) is 0 Å². The van der Waals surface area contributed by atoms with Crippen LogP contribution in [0.2, 0.25) is 0 Å². The van der Waals surface area contributed by atoms with Crippen LogP contribution in [0.1, 0.15) is 24.6 Å². The Morgan fingerprint density at radius 1 is 1.00 bits per heavy atom. The summed E-state index contributed by atoms with van der Waals surface area (Å²) in [6, 6.07) is 12.5. The number of fused-ring (bicyclic) bond motifs is 1. The summed E-state index contributed by atoms with van der Waals surface area (Å²) >= 11 is 0. The van der Waals surface area contributed by atoms with E-state index in [4.69, 9.17) is 0 Å². The Hall–Kier alpha value is -3.48. The largest absolute Gasteiger partial charge is 0.326 e. The van der Waals surface area contributed by atoms with Crippen molar-refractivity contribution in [2.45, 2.75) is 33.7 Å². The summed E-state index contributed by atoms with van der Waals surface area (Å²) in [4.78, 5) is 36.7. The number of hydrogen-bond donors (Lipinski definition) is 2. The van der Waals surface area contributed by atoms with E-state index in [1.54, 1.807) is 38.1 Å². The lowest BCUT2D eigenvalue weighted by Crippen LogP contribution is -2.30. The summed E-state index contributed by atoms with van der Waals surface area (Å²) in [6.45, 7) is 5.23. The van der Waals surface area contributed by atoms with Gasteiger partial charge in [0.1, 0.15) is 6.54 Å². The maximum absolute atomic E-state index is 12.6. The molecule has 144 valence electrons. The second kappa shape index (κ2) is 8.04. The van der Waals surface area contributed by atoms with Gasteiger partial charge in [-0.05, 0) is 37.6 Å². The van der Waals surface area contributed by atoms with Gasteiger partial charge in [-0.15, -0.1) is 0 Å². The van der Waals surface area contributed by atoms with Gasteiger partial charge in [-0.3, -0.25) is 14.4 Å². The first-order valence-electron chi connectivity index (χ1n) is 9.06. The molecule has 3 rings (SSSR count). The SMILES string of the molecule is CCC(=O)Nc1ccc(C)c(NC(=O)Cn2nc(C)c3ccccc3c2=O)c1. The molecule has 1 heterocycles. The molecule has 2 amide bonds. The standard InChI is InChI=1S/C21H22N4O3/c1-4-19(26)22-15-10-9-13(2)18(11-15)23-20(27)12-25-21(28)17-8-6-5-7-16(17)14(3)24-25/h5-11H,4,12H2,1-3H3,(H,22,26)(H,23,27). The Morgan fingerprint density at radius 3 is 2.43 bits per heavy atom. The van der Waals surface area contributed by atoms with Crippen LogP contribution in [-0.2, 0) is 16.1 Å². The van der Waals surface area contributed by atoms with Crippen molar-refractivity contribution >= 4 is 34.0 Å². The first-order valence-corrected chi connectivity index (χ1v) is 9.06. The van der Waals surface area contributed by atoms with Gasteiger partial charge >= 0.3 is 0 Å². The van der Waals surface area contributed by atoms with Gasteiger partial charge in [-0.1, -0.05) is 31.2 Å². The molecule has 0 fully saturated rings. The Balaban J connectivity index is 1.82. The van der Waals surface area contributed by atoms with Gasteiger partial charge in [0.15, 0.2) is 0 Å². The summed E-state index contributed by atoms with van der Waals surface area (Å²) in [7, 11) is 0. The van der Waals surface area contributed by atoms with Crippen LogP contribution >= 0.6 is 0 Å². The Kier molecular flexibility index (Phi) is 5.54. The molecule has 2 aromatic carbocycles. The summed E-state index contributed by atoms with van der Waals surface area (Å²) in [5, 5.41) is 11.1. The number of anilines is 2. The number of nitrogens with one attached hydrogen (secondary N) is 2. The second-order valence-corrected chi connectivity index (χ2v) is 6.57. The zero-order chi connectivity index (χ0) is 20.3. The molecule has 0 saturated heterocycles. The van der Waals surface area contributed by atoms with E-state index in [0.29, 0.717) is 28.9 Å². The lowest BCUT2D eigenvalue weighted by molar-refractivity contribution is -0.117. The fourth-order valence-corrected chi connectivity index (χ4v) is 2.92. The summed E-state index contributed by atoms with van der Waals surface area (Å²) < 4.78 is 1.17. The molecule has 1 aromatic heterocycles. The first kappa shape index (κ1) is 19.3. The Labute approximate surface area is 162 Å². The van der Waals surface area contributed by atoms with Crippen molar-refractivity contribution in [1.29, 1.82) is 0 Å². The van der Waals surface area contributed by atoms with Crippen molar-refractivity contribution in [3.8, 4) is 0 Å². The number of amides is 2. The molecule has 0 aliphatic rings. The Morgan fingerprint density at radius 2 is 1.71 bits per heavy atom. The van der Waals surface area contributed by atoms with Crippen LogP contribution in [0.4, 0.5) is 11.4 Å². The van der Waals surface area contributed by atoms with Crippen molar-refractivity contribution in [2.75, 3.05) is 10.6 Å². The highest BCUT2D eigenvalue weighted by atomic mass is 16.2. The minimum atomic E-state index is -0.369. The zero-order valence-corrected chi connectivity index (χ0v) is 16.1. The molecule has 0 aliphatic carbocycles. The molecule has 0 bridgehead atoms. The molecule has 0 saturated carbocycles. The lowest BCUT2D eigenvalue weighted by Gasteiger charge is -2.12. The number of aromatic nitrogens is 2. The summed E-state index contributed by atoms with van der Waals surface area (Å²) in [6.07, 6.45) is 0.367. The van der Waals surface area contributed by atoms with E-state index in [-0.39, 0.29) is 23.9 Å². The number of aryl methyl sites for hydroxylation is 2. The number of nitrogens with zero attached hydrogens (tertiary/aromatic N) is 2. The van der Waals surface area contributed by atoms with Crippen molar-refractivity contribution in [2.24, 2.45) is 0 Å². The number of rotatable bonds is 5. The van der Waals surface area contributed by atoms with E-state index in [9.17, 15) is 14.4 Å². The monoisotopic (exact) mass is 378 g/mol. The van der Waals surface area contributed by atoms with E-state index < -0.39 is 0 Å². The van der Waals surface area contributed by atoms with Gasteiger partial charge < -0.3 is 10.6 Å². The minimum absolute atomic E-state index is 0.108. The van der Waals surface area contributed by atoms with Gasteiger partial charge in [0.25, 0.3) is 5.56 Å². The summed E-state index contributed by atoms with van der Waals surface area (Å²) in [5.41, 5.74) is 2.40. The van der Waals surface area contributed by atoms with Crippen molar-refractivity contribution in [1.82, 2.24) is 9.78 Å². The van der Waals surface area contributed by atoms with Crippen LogP contribution in [0, 0.1) is 13.8 Å². The molecule has 0 spiro atoms. The van der Waals surface area contributed by atoms with E-state index >= 15 is 0 Å². The summed E-state index contributed by atoms with van der Waals surface area (Å²) in [5.74, 6) is -0.477. The van der Waals surface area contributed by atoms with Crippen molar-refractivity contribution < 1.29 is 9.59 Å². The van der Waals surface area contributed by atoms with E-state index in [1.165, 1.54) is 4.68 Å². The van der Waals surface area contributed by atoms with Gasteiger partial charge in [-0.2, -0.15) is 5.10 Å². The molecule has 0 aliphatic heterocycles. The number of carbonyl (C=O) groups is 2. The molecule has 3 aromatic rings. The van der Waals surface area contributed by atoms with Crippen LogP contribution in [0.25, 0.3) is 10.8 Å². The van der Waals surface area contributed by atoms with Crippen LogP contribution in [0.15, 0.2) is 47.3 Å². The molecule has 0 radical (unpaired) electrons. The normalized spacial score (nSPS) is 10.7. The first-order chi connectivity index (χ1) is 13.4. The molecule has 7 nitrogen and oxygen atoms in total. The molecule has 2 N–H and O–H groups in total. The molecule has 28 heavy (non-hydrogen) atoms. The van der Waals surface area contributed by atoms with E-state index in [0.717, 1.165) is 10.9 Å². The predicted octanol–water partition coefficient (Wildman–Crippen LogP) is 3.00. The topological polar surface area (TPSA) is 93.1 Å². The average Bonchev–Trinajstić information content (AvgIpc) is 2.68. The lowest BCUT2D eigenvalue weighted by atomic mass is 10.1. The van der Waals surface area contributed by atoms with Gasteiger partial charge in [-0.25, -0.2) is 4.68 Å². The molecular weight excluding hydrogens is 356 g/mol. The predicted molar refractivity (Wildman–Crippen MR) is 109 cm³/mol. The van der Waals surface area contributed by atoms with E-state index in [1.807, 2.05) is 25.1 Å². The Bertz CT molecular complexity index is 1120. The van der Waals surface area contributed by atoms with Crippen molar-refractivity contribution in [3.63, 3.8) is 0 Å². The van der Waals surface area contributed by atoms with Crippen molar-refractivity contribution in [3.05, 3.63) is 64.1 Å². The number of hydrogen-bond acceptors (Lipinski definition) is 4. The number of carbonyl (C=O) groups excluding carboxylic acids is 2. The van der Waals surface area contributed by atoms with E-state index in [2.05, 4.69) is 15.7 Å². The molecule has 0 atom stereocenters. The third-order valence-electron chi connectivity index (χ3n) is 4.46. The number of benzene rings is 2. The van der Waals surface area contributed by atoms with Gasteiger partial charge in [0.05, 0.1) is 11.1 Å². The van der Waals surface area contributed by atoms with Crippen LogP contribution in [-0.4, -0.2) is 21.6 Å². The zero-order valence-electron chi connectivity index (χ0n) is 16.1.